The van der Waals surface area contributed by atoms with Crippen molar-refractivity contribution < 1.29 is 9.59 Å². The number of benzene rings is 2. The fourth-order valence-electron chi connectivity index (χ4n) is 4.11. The number of nitrogens with one attached hydrogen (secondary N) is 3. The smallest absolute Gasteiger partial charge is 0.318 e. The number of aryl methyl sites for hydroxylation is 1. The number of amides is 3. The molecular weight excluding hydrogens is 428 g/mol. The Morgan fingerprint density at radius 1 is 1.21 bits per heavy atom. The Labute approximate surface area is 201 Å². The average Bonchev–Trinajstić information content (AvgIpc) is 3.30. The lowest BCUT2D eigenvalue weighted by molar-refractivity contribution is -0.134. The lowest BCUT2D eigenvalue weighted by atomic mass is 10.0. The van der Waals surface area contributed by atoms with Gasteiger partial charge in [0, 0.05) is 25.8 Å². The topological polar surface area (TPSA) is 100 Å². The Balaban J connectivity index is 0.00000158. The zero-order chi connectivity index (χ0) is 24.8. The molecule has 8 nitrogen and oxygen atoms in total. The predicted octanol–water partition coefficient (Wildman–Crippen LogP) is 3.82. The Morgan fingerprint density at radius 3 is 2.56 bits per heavy atom. The molecule has 2 aliphatic rings. The monoisotopic (exact) mass is 460 g/mol. The van der Waals surface area contributed by atoms with Crippen LogP contribution in [-0.4, -0.2) is 41.5 Å². The Hall–Kier alpha value is -3.83. The van der Waals surface area contributed by atoms with Crippen LogP contribution in [0.25, 0.3) is 0 Å². The summed E-state index contributed by atoms with van der Waals surface area (Å²) in [4.78, 5) is 27.0. The molecule has 0 aromatic heterocycles. The van der Waals surface area contributed by atoms with Crippen molar-refractivity contribution in [2.24, 2.45) is 0 Å². The number of carbonyl (C=O) groups excluding carboxylic acids is 2. The van der Waals surface area contributed by atoms with Gasteiger partial charge in [0.1, 0.15) is 5.70 Å². The van der Waals surface area contributed by atoms with Crippen LogP contribution in [0.2, 0.25) is 0 Å². The second kappa shape index (κ2) is 10.9. The molecule has 178 valence electrons. The number of fused-ring (bicyclic) bond motifs is 1. The molecule has 2 unspecified atom stereocenters. The standard InChI is InChI=1S/C24H26N6O2.C2H6/c1-15-4-9-19(20(10-15)27-24(32)26-3)21-11-22-23(31)29(13-16(2)30(22)28-21)14-18-7-5-17(12-25)6-8-18;1-2/h4-11,16,21,28H,13-14H2,1-3H3,(H2,26,27,32);1-2H3. The zero-order valence-electron chi connectivity index (χ0n) is 20.3. The van der Waals surface area contributed by atoms with Crippen molar-refractivity contribution in [2.45, 2.75) is 46.3 Å². The van der Waals surface area contributed by atoms with Crippen LogP contribution in [0.1, 0.15) is 49.1 Å². The van der Waals surface area contributed by atoms with Crippen molar-refractivity contribution in [2.75, 3.05) is 18.9 Å². The van der Waals surface area contributed by atoms with Gasteiger partial charge in [0.25, 0.3) is 5.91 Å². The van der Waals surface area contributed by atoms with Crippen molar-refractivity contribution in [3.63, 3.8) is 0 Å². The molecule has 1 saturated heterocycles. The number of nitrogens with zero attached hydrogens (tertiary/aromatic N) is 3. The van der Waals surface area contributed by atoms with Gasteiger partial charge < -0.3 is 15.5 Å². The van der Waals surface area contributed by atoms with Crippen LogP contribution in [0, 0.1) is 18.3 Å². The van der Waals surface area contributed by atoms with Gasteiger partial charge in [-0.05, 0) is 54.8 Å². The summed E-state index contributed by atoms with van der Waals surface area (Å²) in [5.41, 5.74) is 8.23. The number of hydrogen-bond acceptors (Lipinski definition) is 5. The number of rotatable bonds is 4. The number of anilines is 1. The Morgan fingerprint density at radius 2 is 1.91 bits per heavy atom. The number of piperazine rings is 1. The molecule has 4 rings (SSSR count). The van der Waals surface area contributed by atoms with E-state index in [2.05, 4.69) is 29.1 Å². The lowest BCUT2D eigenvalue weighted by Gasteiger charge is -2.40. The van der Waals surface area contributed by atoms with Gasteiger partial charge in [-0.2, -0.15) is 5.26 Å². The van der Waals surface area contributed by atoms with Gasteiger partial charge in [-0.3, -0.25) is 9.80 Å². The number of urea groups is 1. The van der Waals surface area contributed by atoms with E-state index in [-0.39, 0.29) is 24.0 Å². The SMILES string of the molecule is CC.CNC(=O)Nc1cc(C)ccc1C1C=C2C(=O)N(Cc3ccc(C#N)cc3)CC(C)N2N1. The number of carbonyl (C=O) groups is 2. The van der Waals surface area contributed by atoms with Gasteiger partial charge in [0.2, 0.25) is 0 Å². The van der Waals surface area contributed by atoms with E-state index < -0.39 is 0 Å². The molecule has 1 fully saturated rings. The van der Waals surface area contributed by atoms with E-state index >= 15 is 0 Å². The summed E-state index contributed by atoms with van der Waals surface area (Å²) in [6.45, 7) is 9.10. The molecule has 2 heterocycles. The molecule has 0 spiro atoms. The minimum atomic E-state index is -0.293. The first-order valence-electron chi connectivity index (χ1n) is 11.5. The highest BCUT2D eigenvalue weighted by atomic mass is 16.2. The van der Waals surface area contributed by atoms with Crippen LogP contribution in [0.4, 0.5) is 10.5 Å². The minimum Gasteiger partial charge on any atom is -0.341 e. The molecule has 2 aromatic carbocycles. The molecule has 34 heavy (non-hydrogen) atoms. The van der Waals surface area contributed by atoms with Crippen LogP contribution in [0.5, 0.6) is 0 Å². The van der Waals surface area contributed by atoms with E-state index in [1.165, 1.54) is 0 Å². The molecule has 2 aliphatic heterocycles. The number of hydrazine groups is 1. The summed E-state index contributed by atoms with van der Waals surface area (Å²) < 4.78 is 0. The van der Waals surface area contributed by atoms with Gasteiger partial charge in [-0.15, -0.1) is 0 Å². The molecule has 2 atom stereocenters. The van der Waals surface area contributed by atoms with E-state index in [1.807, 2.05) is 67.1 Å². The normalized spacial score (nSPS) is 18.8. The maximum absolute atomic E-state index is 13.3. The molecule has 3 N–H and O–H groups in total. The van der Waals surface area contributed by atoms with Crippen molar-refractivity contribution in [1.29, 1.82) is 5.26 Å². The first-order valence-corrected chi connectivity index (χ1v) is 11.5. The van der Waals surface area contributed by atoms with Crippen LogP contribution in [-0.2, 0) is 11.3 Å². The van der Waals surface area contributed by atoms with Gasteiger partial charge in [0.15, 0.2) is 0 Å². The van der Waals surface area contributed by atoms with Crippen LogP contribution in [0.15, 0.2) is 54.2 Å². The largest absolute Gasteiger partial charge is 0.341 e. The highest BCUT2D eigenvalue weighted by molar-refractivity contribution is 5.94. The molecule has 0 radical (unpaired) electrons. The summed E-state index contributed by atoms with van der Waals surface area (Å²) in [6, 6.07) is 14.8. The quantitative estimate of drug-likeness (QED) is 0.644. The molecule has 0 aliphatic carbocycles. The summed E-state index contributed by atoms with van der Waals surface area (Å²) in [6.07, 6.45) is 1.92. The van der Waals surface area contributed by atoms with Crippen molar-refractivity contribution >= 4 is 17.6 Å². The summed E-state index contributed by atoms with van der Waals surface area (Å²) in [5, 5.41) is 16.4. The minimum absolute atomic E-state index is 0.0459. The molecule has 0 bridgehead atoms. The number of hydrogen-bond donors (Lipinski definition) is 3. The summed E-state index contributed by atoms with van der Waals surface area (Å²) in [5.74, 6) is -0.0459. The third-order valence-corrected chi connectivity index (χ3v) is 5.77. The van der Waals surface area contributed by atoms with Gasteiger partial charge in [-0.25, -0.2) is 10.2 Å². The maximum atomic E-state index is 13.3. The molecule has 3 amide bonds. The fraction of sp³-hybridized carbons (Fsp3) is 0.346. The van der Waals surface area contributed by atoms with Gasteiger partial charge in [-0.1, -0.05) is 38.1 Å². The summed E-state index contributed by atoms with van der Waals surface area (Å²) >= 11 is 0. The van der Waals surface area contributed by atoms with E-state index in [1.54, 1.807) is 19.2 Å². The van der Waals surface area contributed by atoms with E-state index in [4.69, 9.17) is 5.26 Å². The third-order valence-electron chi connectivity index (χ3n) is 5.77. The first kappa shape index (κ1) is 24.8. The molecular formula is C26H32N6O2. The molecule has 2 aromatic rings. The lowest BCUT2D eigenvalue weighted by Crippen LogP contribution is -2.55. The highest BCUT2D eigenvalue weighted by Crippen LogP contribution is 2.34. The predicted molar refractivity (Wildman–Crippen MR) is 132 cm³/mol. The van der Waals surface area contributed by atoms with Crippen LogP contribution in [0.3, 0.4) is 0 Å². The zero-order valence-corrected chi connectivity index (χ0v) is 20.3. The van der Waals surface area contributed by atoms with Crippen molar-refractivity contribution in [3.8, 4) is 6.07 Å². The van der Waals surface area contributed by atoms with E-state index in [0.717, 1.165) is 16.7 Å². The number of nitriles is 1. The molecule has 8 heteroatoms. The Bertz CT molecular complexity index is 1120. The second-order valence-electron chi connectivity index (χ2n) is 8.17. The highest BCUT2D eigenvalue weighted by Gasteiger charge is 2.39. The van der Waals surface area contributed by atoms with Gasteiger partial charge >= 0.3 is 6.03 Å². The van der Waals surface area contributed by atoms with Crippen molar-refractivity contribution in [1.82, 2.24) is 20.7 Å². The summed E-state index contributed by atoms with van der Waals surface area (Å²) in [7, 11) is 1.57. The third kappa shape index (κ3) is 5.21. The fourth-order valence-corrected chi connectivity index (χ4v) is 4.11. The van der Waals surface area contributed by atoms with E-state index in [0.29, 0.717) is 30.0 Å². The average molecular weight is 461 g/mol. The first-order chi connectivity index (χ1) is 16.4. The maximum Gasteiger partial charge on any atom is 0.318 e. The van der Waals surface area contributed by atoms with E-state index in [9.17, 15) is 9.59 Å². The second-order valence-corrected chi connectivity index (χ2v) is 8.17. The van der Waals surface area contributed by atoms with Crippen molar-refractivity contribution in [3.05, 3.63) is 76.5 Å². The van der Waals surface area contributed by atoms with Gasteiger partial charge in [0.05, 0.1) is 23.7 Å². The molecule has 0 saturated carbocycles. The Kier molecular flexibility index (Phi) is 7.92. The van der Waals surface area contributed by atoms with Crippen LogP contribution < -0.4 is 16.1 Å². The van der Waals surface area contributed by atoms with Crippen LogP contribution >= 0.6 is 0 Å².